The van der Waals surface area contributed by atoms with Gasteiger partial charge in [0.15, 0.2) is 0 Å². The number of carboxylic acids is 1. The van der Waals surface area contributed by atoms with Crippen molar-refractivity contribution in [1.29, 1.82) is 0 Å². The first-order chi connectivity index (χ1) is 10.6. The van der Waals surface area contributed by atoms with Gasteiger partial charge in [0.05, 0.1) is 4.88 Å². The molecule has 0 spiro atoms. The zero-order valence-electron chi connectivity index (χ0n) is 11.6. The summed E-state index contributed by atoms with van der Waals surface area (Å²) in [5.74, 6) is -1.27. The van der Waals surface area contributed by atoms with Crippen LogP contribution in [0, 0.1) is 0 Å². The van der Waals surface area contributed by atoms with Crippen molar-refractivity contribution in [3.63, 3.8) is 0 Å². The highest BCUT2D eigenvalue weighted by Crippen LogP contribution is 2.19. The van der Waals surface area contributed by atoms with Crippen molar-refractivity contribution >= 4 is 34.0 Å². The number of aromatic carboxylic acids is 1. The van der Waals surface area contributed by atoms with Crippen LogP contribution in [-0.2, 0) is 6.54 Å². The van der Waals surface area contributed by atoms with Crippen molar-refractivity contribution in [3.8, 4) is 0 Å². The second-order valence-corrected chi connectivity index (χ2v) is 5.87. The van der Waals surface area contributed by atoms with Crippen LogP contribution in [0.1, 0.15) is 24.9 Å². The highest BCUT2D eigenvalue weighted by Gasteiger charge is 2.12. The van der Waals surface area contributed by atoms with Crippen LogP contribution in [-0.4, -0.2) is 17.0 Å². The normalized spacial score (nSPS) is 10.5. The van der Waals surface area contributed by atoms with Crippen LogP contribution in [0.4, 0.5) is 0 Å². The van der Waals surface area contributed by atoms with Crippen LogP contribution >= 0.6 is 11.3 Å². The molecule has 0 radical (unpaired) electrons. The Bertz CT molecular complexity index is 848. The lowest BCUT2D eigenvalue weighted by molar-refractivity contribution is 0.0702. The Balaban J connectivity index is 1.76. The Morgan fingerprint density at radius 3 is 2.45 bits per heavy atom. The Hall–Kier alpha value is -2.66. The molecule has 110 valence electrons. The van der Waals surface area contributed by atoms with Gasteiger partial charge >= 0.3 is 5.97 Å². The Morgan fingerprint density at radius 1 is 0.955 bits per heavy atom. The average Bonchev–Trinajstić information content (AvgIpc) is 3.03. The second-order valence-electron chi connectivity index (χ2n) is 4.79. The number of carbonyl (C=O) groups excluding carboxylic acids is 1. The van der Waals surface area contributed by atoms with Crippen molar-refractivity contribution < 1.29 is 14.7 Å². The molecule has 2 aromatic carbocycles. The van der Waals surface area contributed by atoms with Gasteiger partial charge in [-0.3, -0.25) is 4.79 Å². The van der Waals surface area contributed by atoms with Crippen LogP contribution in [0.5, 0.6) is 0 Å². The van der Waals surface area contributed by atoms with Gasteiger partial charge in [-0.15, -0.1) is 11.3 Å². The number of benzene rings is 2. The maximum atomic E-state index is 12.1. The first-order valence-corrected chi connectivity index (χ1v) is 7.55. The third-order valence-electron chi connectivity index (χ3n) is 3.36. The molecule has 0 aliphatic heterocycles. The number of fused-ring (bicyclic) bond motifs is 1. The summed E-state index contributed by atoms with van der Waals surface area (Å²) in [4.78, 5) is 23.5. The van der Waals surface area contributed by atoms with E-state index < -0.39 is 5.97 Å². The zero-order valence-corrected chi connectivity index (χ0v) is 12.4. The molecule has 0 saturated heterocycles. The van der Waals surface area contributed by atoms with E-state index in [0.717, 1.165) is 27.7 Å². The predicted octanol–water partition coefficient (Wildman–Crippen LogP) is 3.53. The maximum absolute atomic E-state index is 12.1. The molecule has 0 aliphatic rings. The second kappa shape index (κ2) is 5.99. The molecule has 0 saturated carbocycles. The van der Waals surface area contributed by atoms with Crippen molar-refractivity contribution in [2.75, 3.05) is 0 Å². The highest BCUT2D eigenvalue weighted by atomic mass is 32.1. The van der Waals surface area contributed by atoms with Crippen molar-refractivity contribution in [2.24, 2.45) is 0 Å². The van der Waals surface area contributed by atoms with Gasteiger partial charge < -0.3 is 10.4 Å². The Labute approximate surface area is 131 Å². The quantitative estimate of drug-likeness (QED) is 0.774. The molecule has 22 heavy (non-hydrogen) atoms. The van der Waals surface area contributed by atoms with Crippen molar-refractivity contribution in [2.45, 2.75) is 6.54 Å². The van der Waals surface area contributed by atoms with Crippen LogP contribution in [0.15, 0.2) is 54.6 Å². The first kappa shape index (κ1) is 14.3. The minimum Gasteiger partial charge on any atom is -0.477 e. The smallest absolute Gasteiger partial charge is 0.345 e. The third kappa shape index (κ3) is 2.84. The molecule has 3 rings (SSSR count). The third-order valence-corrected chi connectivity index (χ3v) is 4.43. The number of carboxylic acid groups (broad SMARTS) is 1. The largest absolute Gasteiger partial charge is 0.477 e. The maximum Gasteiger partial charge on any atom is 0.345 e. The highest BCUT2D eigenvalue weighted by molar-refractivity contribution is 7.15. The fourth-order valence-electron chi connectivity index (χ4n) is 2.28. The van der Waals surface area contributed by atoms with Gasteiger partial charge in [-0.25, -0.2) is 4.79 Å². The lowest BCUT2D eigenvalue weighted by Crippen LogP contribution is -2.21. The molecule has 0 unspecified atom stereocenters. The number of amides is 1. The topological polar surface area (TPSA) is 66.4 Å². The van der Waals surface area contributed by atoms with Crippen molar-refractivity contribution in [3.05, 3.63) is 69.9 Å². The summed E-state index contributed by atoms with van der Waals surface area (Å²) in [6.07, 6.45) is 0. The van der Waals surface area contributed by atoms with Gasteiger partial charge in [0.2, 0.25) is 0 Å². The van der Waals surface area contributed by atoms with E-state index in [1.54, 1.807) is 0 Å². The SMILES string of the molecule is O=C(O)c1ccc(C(=O)NCc2cccc3ccccc23)s1. The number of hydrogen-bond donors (Lipinski definition) is 2. The molecule has 5 heteroatoms. The van der Waals surface area contributed by atoms with E-state index >= 15 is 0 Å². The lowest BCUT2D eigenvalue weighted by atomic mass is 10.0. The van der Waals surface area contributed by atoms with E-state index in [4.69, 9.17) is 5.11 Å². The number of carbonyl (C=O) groups is 2. The van der Waals surface area contributed by atoms with E-state index in [9.17, 15) is 9.59 Å². The van der Waals surface area contributed by atoms with Gasteiger partial charge in [-0.05, 0) is 28.5 Å². The Kier molecular flexibility index (Phi) is 3.89. The molecule has 1 aromatic heterocycles. The van der Waals surface area contributed by atoms with E-state index in [0.29, 0.717) is 11.4 Å². The molecule has 1 amide bonds. The van der Waals surface area contributed by atoms with Crippen LogP contribution in [0.3, 0.4) is 0 Å². The fraction of sp³-hybridized carbons (Fsp3) is 0.0588. The van der Waals surface area contributed by atoms with Gasteiger partial charge in [0.1, 0.15) is 4.88 Å². The summed E-state index contributed by atoms with van der Waals surface area (Å²) in [5, 5.41) is 13.9. The van der Waals surface area contributed by atoms with E-state index in [-0.39, 0.29) is 10.8 Å². The number of rotatable bonds is 4. The molecular weight excluding hydrogens is 298 g/mol. The lowest BCUT2D eigenvalue weighted by Gasteiger charge is -2.07. The van der Waals surface area contributed by atoms with Gasteiger partial charge in [-0.1, -0.05) is 42.5 Å². The van der Waals surface area contributed by atoms with E-state index in [1.165, 1.54) is 12.1 Å². The molecule has 0 bridgehead atoms. The zero-order chi connectivity index (χ0) is 15.5. The summed E-state index contributed by atoms with van der Waals surface area (Å²) in [6, 6.07) is 16.9. The summed E-state index contributed by atoms with van der Waals surface area (Å²) in [5.41, 5.74) is 1.03. The van der Waals surface area contributed by atoms with Gasteiger partial charge in [0, 0.05) is 6.54 Å². The number of thiophene rings is 1. The first-order valence-electron chi connectivity index (χ1n) is 6.73. The molecule has 0 atom stereocenters. The summed E-state index contributed by atoms with van der Waals surface area (Å²) < 4.78 is 0. The molecule has 4 nitrogen and oxygen atoms in total. The minimum absolute atomic E-state index is 0.162. The summed E-state index contributed by atoms with van der Waals surface area (Å²) in [7, 11) is 0. The monoisotopic (exact) mass is 311 g/mol. The number of nitrogens with one attached hydrogen (secondary N) is 1. The van der Waals surface area contributed by atoms with E-state index in [1.807, 2.05) is 42.5 Å². The number of hydrogen-bond acceptors (Lipinski definition) is 3. The van der Waals surface area contributed by atoms with Gasteiger partial charge in [-0.2, -0.15) is 0 Å². The van der Waals surface area contributed by atoms with Crippen LogP contribution in [0.25, 0.3) is 10.8 Å². The van der Waals surface area contributed by atoms with Crippen LogP contribution in [0.2, 0.25) is 0 Å². The van der Waals surface area contributed by atoms with Crippen LogP contribution < -0.4 is 5.32 Å². The van der Waals surface area contributed by atoms with Crippen molar-refractivity contribution in [1.82, 2.24) is 5.32 Å². The average molecular weight is 311 g/mol. The standard InChI is InChI=1S/C17H13NO3S/c19-16(14-8-9-15(22-14)17(20)21)18-10-12-6-3-5-11-4-1-2-7-13(11)12/h1-9H,10H2,(H,18,19)(H,20,21). The summed E-state index contributed by atoms with van der Waals surface area (Å²) in [6.45, 7) is 0.403. The molecule has 1 heterocycles. The molecule has 3 aromatic rings. The molecule has 0 aliphatic carbocycles. The molecular formula is C17H13NO3S. The minimum atomic E-state index is -1.02. The summed E-state index contributed by atoms with van der Waals surface area (Å²) >= 11 is 0.976. The van der Waals surface area contributed by atoms with E-state index in [2.05, 4.69) is 5.32 Å². The molecule has 2 N–H and O–H groups in total. The fourth-order valence-corrected chi connectivity index (χ4v) is 3.05. The Morgan fingerprint density at radius 2 is 1.68 bits per heavy atom. The molecule has 0 fully saturated rings. The predicted molar refractivity (Wildman–Crippen MR) is 86.4 cm³/mol. The van der Waals surface area contributed by atoms with Gasteiger partial charge in [0.25, 0.3) is 5.91 Å².